The van der Waals surface area contributed by atoms with E-state index >= 15 is 0 Å². The molecule has 0 fully saturated rings. The van der Waals surface area contributed by atoms with E-state index in [4.69, 9.17) is 26.0 Å². The maximum Gasteiger partial charge on any atom is 0.326 e. The lowest BCUT2D eigenvalue weighted by atomic mass is 10.1. The summed E-state index contributed by atoms with van der Waals surface area (Å²) < 4.78 is 27.0. The first-order chi connectivity index (χ1) is 13.4. The minimum absolute atomic E-state index is 0.0763. The van der Waals surface area contributed by atoms with Gasteiger partial charge in [-0.05, 0) is 37.6 Å². The van der Waals surface area contributed by atoms with Crippen molar-refractivity contribution in [3.8, 4) is 0 Å². The number of nitrogens with one attached hydrogen (secondary N) is 1. The third-order valence-electron chi connectivity index (χ3n) is 3.77. The maximum absolute atomic E-state index is 12.2. The molecule has 0 heterocycles. The molecule has 0 saturated heterocycles. The van der Waals surface area contributed by atoms with Crippen LogP contribution in [0, 0.1) is 0 Å². The fraction of sp³-hybridized carbons (Fsp3) is 0.471. The van der Waals surface area contributed by atoms with Crippen molar-refractivity contribution >= 4 is 45.3 Å². The average molecular weight is 451 g/mol. The molecule has 0 aliphatic heterocycles. The van der Waals surface area contributed by atoms with Crippen LogP contribution in [0.1, 0.15) is 30.1 Å². The summed E-state index contributed by atoms with van der Waals surface area (Å²) in [7, 11) is -3.70. The molecule has 3 N–H and O–H groups in total. The monoisotopic (exact) mass is 450 g/mol. The zero-order valence-corrected chi connectivity index (χ0v) is 17.4. The molecule has 1 rings (SSSR count). The van der Waals surface area contributed by atoms with Gasteiger partial charge in [-0.2, -0.15) is 8.42 Å². The Kier molecular flexibility index (Phi) is 9.34. The van der Waals surface area contributed by atoms with Gasteiger partial charge in [0.2, 0.25) is 0 Å². The number of carboxylic acids is 2. The van der Waals surface area contributed by atoms with Gasteiger partial charge in [-0.25, -0.2) is 8.98 Å². The van der Waals surface area contributed by atoms with Gasteiger partial charge in [0.05, 0.1) is 12.8 Å². The quantitative estimate of drug-likeness (QED) is 0.314. The summed E-state index contributed by atoms with van der Waals surface area (Å²) in [6.07, 6.45) is 0.263. The molecule has 0 aliphatic rings. The Bertz CT molecular complexity index is 828. The van der Waals surface area contributed by atoms with Gasteiger partial charge < -0.3 is 20.4 Å². The molecule has 2 atom stereocenters. The smallest absolute Gasteiger partial charge is 0.326 e. The van der Waals surface area contributed by atoms with Crippen molar-refractivity contribution in [2.24, 2.45) is 0 Å². The van der Waals surface area contributed by atoms with Gasteiger partial charge in [0.1, 0.15) is 6.04 Å². The van der Waals surface area contributed by atoms with Gasteiger partial charge in [-0.1, -0.05) is 11.6 Å². The van der Waals surface area contributed by atoms with Crippen LogP contribution in [-0.4, -0.2) is 67.4 Å². The summed E-state index contributed by atoms with van der Waals surface area (Å²) in [5, 5.41) is 20.1. The highest BCUT2D eigenvalue weighted by atomic mass is 35.5. The van der Waals surface area contributed by atoms with Crippen LogP contribution in [0.2, 0.25) is 0 Å². The van der Waals surface area contributed by atoms with Crippen molar-refractivity contribution in [3.05, 3.63) is 29.8 Å². The number of aliphatic carboxylic acids is 2. The zero-order chi connectivity index (χ0) is 22.2. The van der Waals surface area contributed by atoms with Crippen LogP contribution in [0.4, 0.5) is 5.69 Å². The third kappa shape index (κ3) is 9.11. The van der Waals surface area contributed by atoms with Crippen molar-refractivity contribution in [2.45, 2.75) is 31.4 Å². The van der Waals surface area contributed by atoms with Crippen molar-refractivity contribution in [1.29, 1.82) is 0 Å². The Morgan fingerprint density at radius 3 is 2.24 bits per heavy atom. The van der Waals surface area contributed by atoms with E-state index < -0.39 is 46.0 Å². The standard InChI is InChI=1S/C17H23ClN2O8S/c1-3-20(10-14(18)28-29(2,26)27)12-6-4-11(5-7-12)16(23)19-13(17(24)25)8-9-15(21)22/h4-7,13-14H,3,8-10H2,1-2H3,(H,19,23)(H,21,22)(H,24,25)/t13-,14-/m0/s1. The number of likely N-dealkylation sites (N-methyl/N-ethyl adjacent to an activating group) is 1. The molecular weight excluding hydrogens is 428 g/mol. The van der Waals surface area contributed by atoms with Crippen LogP contribution in [0.3, 0.4) is 0 Å². The van der Waals surface area contributed by atoms with E-state index in [0.29, 0.717) is 12.2 Å². The molecule has 0 spiro atoms. The molecule has 162 valence electrons. The fourth-order valence-electron chi connectivity index (χ4n) is 2.40. The summed E-state index contributed by atoms with van der Waals surface area (Å²) in [5.74, 6) is -3.15. The van der Waals surface area contributed by atoms with Gasteiger partial charge in [-0.3, -0.25) is 9.59 Å². The maximum atomic E-state index is 12.2. The number of hydrogen-bond acceptors (Lipinski definition) is 7. The first-order valence-electron chi connectivity index (χ1n) is 8.55. The van der Waals surface area contributed by atoms with Crippen LogP contribution >= 0.6 is 11.6 Å². The average Bonchev–Trinajstić information content (AvgIpc) is 2.61. The fourth-order valence-corrected chi connectivity index (χ4v) is 3.40. The number of benzene rings is 1. The van der Waals surface area contributed by atoms with E-state index in [1.807, 2.05) is 6.92 Å². The molecule has 0 aromatic heterocycles. The topological polar surface area (TPSA) is 150 Å². The largest absolute Gasteiger partial charge is 0.481 e. The lowest BCUT2D eigenvalue weighted by molar-refractivity contribution is -0.140. The Balaban J connectivity index is 2.80. The van der Waals surface area contributed by atoms with Crippen molar-refractivity contribution in [3.63, 3.8) is 0 Å². The highest BCUT2D eigenvalue weighted by Gasteiger charge is 2.22. The number of anilines is 1. The second-order valence-corrected chi connectivity index (χ2v) is 8.18. The summed E-state index contributed by atoms with van der Waals surface area (Å²) in [6.45, 7) is 2.38. The predicted octanol–water partition coefficient (Wildman–Crippen LogP) is 1.10. The van der Waals surface area contributed by atoms with E-state index in [9.17, 15) is 22.8 Å². The minimum Gasteiger partial charge on any atom is -0.481 e. The number of amides is 1. The number of alkyl halides is 1. The Hall–Kier alpha value is -2.37. The van der Waals surface area contributed by atoms with E-state index in [-0.39, 0.29) is 18.5 Å². The molecule has 1 aromatic carbocycles. The van der Waals surface area contributed by atoms with Gasteiger partial charge in [-0.15, -0.1) is 0 Å². The van der Waals surface area contributed by atoms with Crippen molar-refractivity contribution in [1.82, 2.24) is 5.32 Å². The predicted molar refractivity (Wildman–Crippen MR) is 106 cm³/mol. The Morgan fingerprint density at radius 2 is 1.79 bits per heavy atom. The second kappa shape index (κ2) is 11.0. The second-order valence-electron chi connectivity index (χ2n) is 6.09. The number of halogens is 1. The van der Waals surface area contributed by atoms with Gasteiger partial charge in [0.25, 0.3) is 16.0 Å². The van der Waals surface area contributed by atoms with Crippen molar-refractivity contribution in [2.75, 3.05) is 24.2 Å². The molecule has 0 saturated carbocycles. The summed E-state index contributed by atoms with van der Waals surface area (Å²) >= 11 is 5.90. The highest BCUT2D eigenvalue weighted by Crippen LogP contribution is 2.18. The summed E-state index contributed by atoms with van der Waals surface area (Å²) in [5.41, 5.74) is -0.271. The van der Waals surface area contributed by atoms with E-state index in [0.717, 1.165) is 6.26 Å². The van der Waals surface area contributed by atoms with Crippen LogP contribution in [0.5, 0.6) is 0 Å². The molecular formula is C17H23ClN2O8S. The molecule has 0 radical (unpaired) electrons. The van der Waals surface area contributed by atoms with Gasteiger partial charge in [0, 0.05) is 24.2 Å². The van der Waals surface area contributed by atoms with Gasteiger partial charge >= 0.3 is 11.9 Å². The van der Waals surface area contributed by atoms with E-state index in [1.54, 1.807) is 17.0 Å². The number of carbonyl (C=O) groups is 3. The lowest BCUT2D eigenvalue weighted by Gasteiger charge is -2.25. The molecule has 12 heteroatoms. The number of hydrogen-bond donors (Lipinski definition) is 3. The first kappa shape index (κ1) is 24.7. The van der Waals surface area contributed by atoms with Crippen molar-refractivity contribution < 1.29 is 37.2 Å². The van der Waals surface area contributed by atoms with Crippen LogP contribution in [0.15, 0.2) is 24.3 Å². The molecule has 0 bridgehead atoms. The Labute approximate surface area is 173 Å². The highest BCUT2D eigenvalue weighted by molar-refractivity contribution is 7.86. The number of nitrogens with zero attached hydrogens (tertiary/aromatic N) is 1. The number of carboxylic acid groups (broad SMARTS) is 2. The number of carbonyl (C=O) groups excluding carboxylic acids is 1. The third-order valence-corrected chi connectivity index (χ3v) is 4.68. The summed E-state index contributed by atoms with van der Waals surface area (Å²) in [4.78, 5) is 35.8. The normalized spacial score (nSPS) is 13.3. The molecule has 1 amide bonds. The summed E-state index contributed by atoms with van der Waals surface area (Å²) in [6, 6.07) is 4.79. The first-order valence-corrected chi connectivity index (χ1v) is 10.8. The zero-order valence-electron chi connectivity index (χ0n) is 15.9. The SMILES string of the molecule is CCN(C[C@@H](Cl)OS(C)(=O)=O)c1ccc(C(=O)N[C@@H](CCC(=O)O)C(=O)O)cc1. The number of rotatable bonds is 12. The van der Waals surface area contributed by atoms with E-state index in [2.05, 4.69) is 5.32 Å². The molecule has 0 unspecified atom stereocenters. The van der Waals surface area contributed by atoms with Crippen LogP contribution in [-0.2, 0) is 23.9 Å². The Morgan fingerprint density at radius 1 is 1.21 bits per heavy atom. The molecule has 0 aliphatic carbocycles. The van der Waals surface area contributed by atoms with Gasteiger partial charge in [0.15, 0.2) is 5.56 Å². The van der Waals surface area contributed by atoms with Crippen LogP contribution < -0.4 is 10.2 Å². The lowest BCUT2D eigenvalue weighted by Crippen LogP contribution is -2.41. The minimum atomic E-state index is -3.70. The molecule has 10 nitrogen and oxygen atoms in total. The molecule has 29 heavy (non-hydrogen) atoms. The van der Waals surface area contributed by atoms with E-state index in [1.165, 1.54) is 12.1 Å². The molecule has 1 aromatic rings. The van der Waals surface area contributed by atoms with Crippen LogP contribution in [0.25, 0.3) is 0 Å².